The van der Waals surface area contributed by atoms with E-state index < -0.39 is 0 Å². The van der Waals surface area contributed by atoms with Crippen LogP contribution in [0.25, 0.3) is 0 Å². The topological polar surface area (TPSA) is 0 Å². The first-order chi connectivity index (χ1) is 5.00. The first kappa shape index (κ1) is 12.3. The van der Waals surface area contributed by atoms with Crippen molar-refractivity contribution in [2.24, 2.45) is 0 Å². The Kier molecular flexibility index (Phi) is 19.4. The molecule has 0 aliphatic rings. The van der Waals surface area contributed by atoms with Gasteiger partial charge in [0.2, 0.25) is 0 Å². The van der Waals surface area contributed by atoms with Gasteiger partial charge in [-0.3, -0.25) is 0 Å². The second kappa shape index (κ2) is 15.8. The van der Waals surface area contributed by atoms with E-state index in [0.717, 1.165) is 0 Å². The molecule has 0 atom stereocenters. The van der Waals surface area contributed by atoms with Crippen LogP contribution in [0.2, 0.25) is 0 Å². The Morgan fingerprint density at radius 1 is 0.600 bits per heavy atom. The average Bonchev–Trinajstić information content (AvgIpc) is 2.14. The maximum absolute atomic E-state index is 3.53. The van der Waals surface area contributed by atoms with Gasteiger partial charge in [-0.05, 0) is 6.26 Å². The van der Waals surface area contributed by atoms with E-state index in [-0.39, 0.29) is 0 Å². The maximum atomic E-state index is 3.53. The molecule has 0 nitrogen and oxygen atoms in total. The SMILES string of the molecule is CC.CS.c1ccccc1. The minimum Gasteiger partial charge on any atom is -0.183 e. The average molecular weight is 156 g/mol. The summed E-state index contributed by atoms with van der Waals surface area (Å²) in [5, 5.41) is 0. The van der Waals surface area contributed by atoms with E-state index in [0.29, 0.717) is 0 Å². The highest BCUT2D eigenvalue weighted by molar-refractivity contribution is 7.79. The number of hydrogen-bond acceptors (Lipinski definition) is 1. The molecule has 0 bridgehead atoms. The molecule has 0 aliphatic heterocycles. The molecule has 0 radical (unpaired) electrons. The predicted molar refractivity (Wildman–Crippen MR) is 52.7 cm³/mol. The predicted octanol–water partition coefficient (Wildman–Crippen LogP) is 3.26. The van der Waals surface area contributed by atoms with Crippen LogP contribution in [-0.4, -0.2) is 6.26 Å². The van der Waals surface area contributed by atoms with Gasteiger partial charge in [-0.1, -0.05) is 50.2 Å². The molecule has 0 amide bonds. The minimum atomic E-state index is 1.69. The molecule has 1 rings (SSSR count). The number of rotatable bonds is 0. The van der Waals surface area contributed by atoms with Gasteiger partial charge in [0.1, 0.15) is 0 Å². The van der Waals surface area contributed by atoms with E-state index in [2.05, 4.69) is 12.6 Å². The second-order valence-electron chi connectivity index (χ2n) is 1.15. The number of hydrogen-bond donors (Lipinski definition) is 1. The molecule has 10 heavy (non-hydrogen) atoms. The molecule has 0 spiro atoms. The van der Waals surface area contributed by atoms with E-state index in [9.17, 15) is 0 Å². The molecule has 0 saturated heterocycles. The van der Waals surface area contributed by atoms with Crippen LogP contribution < -0.4 is 0 Å². The molecule has 0 fully saturated rings. The van der Waals surface area contributed by atoms with Crippen molar-refractivity contribution < 1.29 is 0 Å². The molecule has 58 valence electrons. The molecule has 1 aromatic carbocycles. The van der Waals surface area contributed by atoms with Crippen molar-refractivity contribution in [2.75, 3.05) is 6.26 Å². The zero-order valence-electron chi connectivity index (χ0n) is 6.91. The Balaban J connectivity index is 0. The zero-order chi connectivity index (χ0) is 8.24. The Morgan fingerprint density at radius 2 is 0.700 bits per heavy atom. The first-order valence-corrected chi connectivity index (χ1v) is 4.34. The van der Waals surface area contributed by atoms with Crippen molar-refractivity contribution in [3.8, 4) is 0 Å². The van der Waals surface area contributed by atoms with Gasteiger partial charge in [0.15, 0.2) is 0 Å². The van der Waals surface area contributed by atoms with E-state index in [1.165, 1.54) is 0 Å². The van der Waals surface area contributed by atoms with Gasteiger partial charge < -0.3 is 0 Å². The van der Waals surface area contributed by atoms with Crippen molar-refractivity contribution in [1.29, 1.82) is 0 Å². The van der Waals surface area contributed by atoms with Crippen LogP contribution in [0.1, 0.15) is 13.8 Å². The van der Waals surface area contributed by atoms with Crippen molar-refractivity contribution in [2.45, 2.75) is 13.8 Å². The lowest BCUT2D eigenvalue weighted by atomic mass is 10.4. The summed E-state index contributed by atoms with van der Waals surface area (Å²) >= 11 is 3.53. The largest absolute Gasteiger partial charge is 0.183 e. The molecule has 0 N–H and O–H groups in total. The smallest absolute Gasteiger partial charge is 0.0215 e. The standard InChI is InChI=1S/C6H6.C2H6.CH4S/c1-2-4-6-5-3-1;2*1-2/h1-6H;1-2H3;2H,1H3. The molecule has 1 heteroatoms. The second-order valence-corrected chi connectivity index (χ2v) is 1.15. The summed E-state index contributed by atoms with van der Waals surface area (Å²) in [6, 6.07) is 12.0. The normalized spacial score (nSPS) is 6.00. The summed E-state index contributed by atoms with van der Waals surface area (Å²) in [6.07, 6.45) is 1.69. The van der Waals surface area contributed by atoms with E-state index in [4.69, 9.17) is 0 Å². The third-order valence-corrected chi connectivity index (χ3v) is 0.667. The highest BCUT2D eigenvalue weighted by Crippen LogP contribution is 1.79. The van der Waals surface area contributed by atoms with Crippen molar-refractivity contribution in [3.63, 3.8) is 0 Å². The van der Waals surface area contributed by atoms with Crippen LogP contribution in [0.3, 0.4) is 0 Å². The fourth-order valence-electron chi connectivity index (χ4n) is 0.385. The van der Waals surface area contributed by atoms with E-state index >= 15 is 0 Å². The van der Waals surface area contributed by atoms with Crippen LogP contribution in [0.5, 0.6) is 0 Å². The van der Waals surface area contributed by atoms with Gasteiger partial charge in [0, 0.05) is 0 Å². The van der Waals surface area contributed by atoms with Gasteiger partial charge in [0.25, 0.3) is 0 Å². The lowest BCUT2D eigenvalue weighted by Gasteiger charge is -1.69. The zero-order valence-corrected chi connectivity index (χ0v) is 7.81. The van der Waals surface area contributed by atoms with Gasteiger partial charge in [-0.25, -0.2) is 0 Å². The summed E-state index contributed by atoms with van der Waals surface area (Å²) < 4.78 is 0. The summed E-state index contributed by atoms with van der Waals surface area (Å²) in [6.45, 7) is 4.00. The van der Waals surface area contributed by atoms with Crippen molar-refractivity contribution in [1.82, 2.24) is 0 Å². The highest BCUT2D eigenvalue weighted by Gasteiger charge is 1.57. The van der Waals surface area contributed by atoms with Gasteiger partial charge in [0.05, 0.1) is 0 Å². The molecule has 0 saturated carbocycles. The van der Waals surface area contributed by atoms with Gasteiger partial charge in [-0.15, -0.1) is 0 Å². The van der Waals surface area contributed by atoms with E-state index in [1.807, 2.05) is 50.2 Å². The summed E-state index contributed by atoms with van der Waals surface area (Å²) in [5.74, 6) is 0. The third kappa shape index (κ3) is 10.5. The fraction of sp³-hybridized carbons (Fsp3) is 0.333. The minimum absolute atomic E-state index is 1.69. The van der Waals surface area contributed by atoms with Crippen LogP contribution in [0.4, 0.5) is 0 Å². The van der Waals surface area contributed by atoms with Crippen LogP contribution >= 0.6 is 12.6 Å². The monoisotopic (exact) mass is 156 g/mol. The molecule has 1 aromatic rings. The maximum Gasteiger partial charge on any atom is -0.0215 e. The van der Waals surface area contributed by atoms with Crippen molar-refractivity contribution in [3.05, 3.63) is 36.4 Å². The Bertz CT molecular complexity index is 76.7. The molecular weight excluding hydrogens is 140 g/mol. The highest BCUT2D eigenvalue weighted by atomic mass is 32.1. The van der Waals surface area contributed by atoms with Crippen LogP contribution in [0.15, 0.2) is 36.4 Å². The van der Waals surface area contributed by atoms with Crippen LogP contribution in [-0.2, 0) is 0 Å². The summed E-state index contributed by atoms with van der Waals surface area (Å²) in [7, 11) is 0. The molecule has 0 unspecified atom stereocenters. The van der Waals surface area contributed by atoms with Gasteiger partial charge in [-0.2, -0.15) is 12.6 Å². The first-order valence-electron chi connectivity index (χ1n) is 3.45. The quantitative estimate of drug-likeness (QED) is 0.548. The molecule has 0 aromatic heterocycles. The Morgan fingerprint density at radius 3 is 0.800 bits per heavy atom. The molecular formula is C9H16S. The molecule has 0 aliphatic carbocycles. The Labute approximate surface area is 69.7 Å². The van der Waals surface area contributed by atoms with Crippen molar-refractivity contribution >= 4 is 12.6 Å². The third-order valence-electron chi connectivity index (χ3n) is 0.667. The van der Waals surface area contributed by atoms with E-state index in [1.54, 1.807) is 6.26 Å². The van der Waals surface area contributed by atoms with Crippen LogP contribution in [0, 0.1) is 0 Å². The molecule has 0 heterocycles. The summed E-state index contributed by atoms with van der Waals surface area (Å²) in [5.41, 5.74) is 0. The number of benzene rings is 1. The number of thiol groups is 1. The Hall–Kier alpha value is -0.430. The lowest BCUT2D eigenvalue weighted by Crippen LogP contribution is -1.47. The fourth-order valence-corrected chi connectivity index (χ4v) is 0.385. The lowest BCUT2D eigenvalue weighted by molar-refractivity contribution is 1.50. The summed E-state index contributed by atoms with van der Waals surface area (Å²) in [4.78, 5) is 0. The van der Waals surface area contributed by atoms with Gasteiger partial charge >= 0.3 is 0 Å².